The van der Waals surface area contributed by atoms with E-state index in [1.54, 1.807) is 0 Å². The van der Waals surface area contributed by atoms with Crippen molar-refractivity contribution >= 4 is 11.4 Å². The molecule has 1 aliphatic heterocycles. The Kier molecular flexibility index (Phi) is 6.48. The molecule has 6 heteroatoms. The van der Waals surface area contributed by atoms with E-state index in [1.165, 1.54) is 18.9 Å². The second kappa shape index (κ2) is 8.65. The molecule has 0 unspecified atom stereocenters. The predicted molar refractivity (Wildman–Crippen MR) is 107 cm³/mol. The fourth-order valence-corrected chi connectivity index (χ4v) is 4.65. The van der Waals surface area contributed by atoms with Crippen LogP contribution in [0.25, 0.3) is 0 Å². The van der Waals surface area contributed by atoms with E-state index in [-0.39, 0.29) is 17.3 Å². The van der Waals surface area contributed by atoms with Crippen LogP contribution >= 0.6 is 0 Å². The molecule has 0 spiro atoms. The Bertz CT molecular complexity index is 651. The molecule has 1 aliphatic carbocycles. The summed E-state index contributed by atoms with van der Waals surface area (Å²) in [5.41, 5.74) is 1.45. The van der Waals surface area contributed by atoms with Gasteiger partial charge in [0.15, 0.2) is 11.5 Å². The third kappa shape index (κ3) is 4.66. The van der Waals surface area contributed by atoms with Crippen molar-refractivity contribution < 1.29 is 9.13 Å². The minimum absolute atomic E-state index is 0.107. The van der Waals surface area contributed by atoms with Crippen LogP contribution in [0.2, 0.25) is 0 Å². The molecule has 0 amide bonds. The molecular weight excluding hydrogens is 345 g/mol. The number of ether oxygens (including phenoxy) is 1. The SMILES string of the molecule is CCOC1CCC(C)(N2CCC(Nc3cc(C)cc(F)c3N=O)CC2)CC1. The Morgan fingerprint density at radius 3 is 2.52 bits per heavy atom. The normalized spacial score (nSPS) is 27.5. The van der Waals surface area contributed by atoms with Crippen LogP contribution in [-0.4, -0.2) is 42.3 Å². The average Bonchev–Trinajstić information content (AvgIpc) is 2.64. The topological polar surface area (TPSA) is 53.9 Å². The predicted octanol–water partition coefficient (Wildman–Crippen LogP) is 5.15. The minimum atomic E-state index is -0.552. The molecule has 1 saturated heterocycles. The van der Waals surface area contributed by atoms with Gasteiger partial charge in [-0.25, -0.2) is 4.39 Å². The Morgan fingerprint density at radius 1 is 1.26 bits per heavy atom. The summed E-state index contributed by atoms with van der Waals surface area (Å²) in [6.07, 6.45) is 7.03. The van der Waals surface area contributed by atoms with Crippen molar-refractivity contribution in [3.63, 3.8) is 0 Å². The first kappa shape index (κ1) is 20.2. The second-order valence-electron chi connectivity index (χ2n) is 8.29. The van der Waals surface area contributed by atoms with Gasteiger partial charge >= 0.3 is 0 Å². The smallest absolute Gasteiger partial charge is 0.166 e. The van der Waals surface area contributed by atoms with Crippen LogP contribution < -0.4 is 5.32 Å². The van der Waals surface area contributed by atoms with Gasteiger partial charge in [0.05, 0.1) is 11.8 Å². The highest BCUT2D eigenvalue weighted by atomic mass is 19.1. The first-order valence-electron chi connectivity index (χ1n) is 10.2. The molecule has 2 aliphatic rings. The van der Waals surface area contributed by atoms with Crippen molar-refractivity contribution in [3.8, 4) is 0 Å². The zero-order valence-electron chi connectivity index (χ0n) is 16.8. The van der Waals surface area contributed by atoms with Gasteiger partial charge in [0.25, 0.3) is 0 Å². The molecule has 0 atom stereocenters. The van der Waals surface area contributed by atoms with Crippen molar-refractivity contribution in [1.29, 1.82) is 0 Å². The minimum Gasteiger partial charge on any atom is -0.380 e. The second-order valence-corrected chi connectivity index (χ2v) is 8.29. The number of aryl methyl sites for hydroxylation is 1. The molecule has 3 rings (SSSR count). The van der Waals surface area contributed by atoms with E-state index in [2.05, 4.69) is 29.2 Å². The Morgan fingerprint density at radius 2 is 1.93 bits per heavy atom. The van der Waals surface area contributed by atoms with Crippen LogP contribution in [0.15, 0.2) is 17.3 Å². The average molecular weight is 378 g/mol. The number of anilines is 1. The third-order valence-electron chi connectivity index (χ3n) is 6.33. The zero-order valence-corrected chi connectivity index (χ0v) is 16.8. The summed E-state index contributed by atoms with van der Waals surface area (Å²) in [5, 5.41) is 6.25. The zero-order chi connectivity index (χ0) is 19.4. The third-order valence-corrected chi connectivity index (χ3v) is 6.33. The number of nitroso groups, excluding NO2 is 1. The lowest BCUT2D eigenvalue weighted by Gasteiger charge is -2.48. The molecule has 0 aromatic heterocycles. The van der Waals surface area contributed by atoms with E-state index in [9.17, 15) is 9.30 Å². The first-order chi connectivity index (χ1) is 12.9. The summed E-state index contributed by atoms with van der Waals surface area (Å²) in [4.78, 5) is 13.6. The van der Waals surface area contributed by atoms with Gasteiger partial charge in [-0.15, -0.1) is 4.91 Å². The van der Waals surface area contributed by atoms with Crippen molar-refractivity contribution in [1.82, 2.24) is 4.90 Å². The number of benzene rings is 1. The molecule has 150 valence electrons. The van der Waals surface area contributed by atoms with Gasteiger partial charge < -0.3 is 10.1 Å². The van der Waals surface area contributed by atoms with E-state index < -0.39 is 5.82 Å². The highest BCUT2D eigenvalue weighted by Crippen LogP contribution is 2.37. The maximum atomic E-state index is 14.0. The Balaban J connectivity index is 1.56. The number of nitrogens with one attached hydrogen (secondary N) is 1. The van der Waals surface area contributed by atoms with Gasteiger partial charge in [-0.3, -0.25) is 4.90 Å². The van der Waals surface area contributed by atoms with Crippen molar-refractivity contribution in [3.05, 3.63) is 28.4 Å². The molecule has 1 N–H and O–H groups in total. The van der Waals surface area contributed by atoms with Gasteiger partial charge in [0.2, 0.25) is 0 Å². The lowest BCUT2D eigenvalue weighted by molar-refractivity contribution is -0.0242. The molecule has 5 nitrogen and oxygen atoms in total. The van der Waals surface area contributed by atoms with Gasteiger partial charge in [0.1, 0.15) is 0 Å². The summed E-state index contributed by atoms with van der Waals surface area (Å²) >= 11 is 0. The number of halogens is 1. The molecule has 1 heterocycles. The van der Waals surface area contributed by atoms with Crippen LogP contribution in [0.5, 0.6) is 0 Å². The summed E-state index contributed by atoms with van der Waals surface area (Å²) in [6.45, 7) is 9.11. The fraction of sp³-hybridized carbons (Fsp3) is 0.714. The van der Waals surface area contributed by atoms with Crippen molar-refractivity contribution in [2.75, 3.05) is 25.0 Å². The summed E-state index contributed by atoms with van der Waals surface area (Å²) < 4.78 is 19.7. The maximum absolute atomic E-state index is 14.0. The van der Waals surface area contributed by atoms with E-state index in [0.29, 0.717) is 11.8 Å². The van der Waals surface area contributed by atoms with Crippen LogP contribution in [0.4, 0.5) is 15.8 Å². The molecule has 1 aromatic rings. The molecular formula is C21H32FN3O2. The summed E-state index contributed by atoms with van der Waals surface area (Å²) in [5.74, 6) is -0.552. The molecule has 2 fully saturated rings. The van der Waals surface area contributed by atoms with E-state index >= 15 is 0 Å². The van der Waals surface area contributed by atoms with E-state index in [1.807, 2.05) is 13.0 Å². The molecule has 0 bridgehead atoms. The van der Waals surface area contributed by atoms with Gasteiger partial charge in [-0.1, -0.05) is 0 Å². The van der Waals surface area contributed by atoms with E-state index in [4.69, 9.17) is 4.74 Å². The number of likely N-dealkylation sites (tertiary alicyclic amines) is 1. The summed E-state index contributed by atoms with van der Waals surface area (Å²) in [6, 6.07) is 3.40. The molecule has 1 aromatic carbocycles. The Hall–Kier alpha value is -1.53. The monoisotopic (exact) mass is 377 g/mol. The van der Waals surface area contributed by atoms with Gasteiger partial charge in [-0.05, 0) is 82.2 Å². The lowest BCUT2D eigenvalue weighted by Crippen LogP contribution is -2.53. The number of hydrogen-bond donors (Lipinski definition) is 1. The number of rotatable bonds is 6. The van der Waals surface area contributed by atoms with Crippen molar-refractivity contribution in [2.45, 2.75) is 77.0 Å². The number of piperidine rings is 1. The van der Waals surface area contributed by atoms with Gasteiger partial charge in [0, 0.05) is 31.3 Å². The van der Waals surface area contributed by atoms with Crippen LogP contribution in [0.1, 0.15) is 57.9 Å². The molecule has 1 saturated carbocycles. The van der Waals surface area contributed by atoms with Crippen LogP contribution in [0, 0.1) is 17.6 Å². The standard InChI is InChI=1S/C21H32FN3O2/c1-4-27-17-5-9-21(3,10-6-17)25-11-7-16(8-12-25)23-19-14-15(2)13-18(22)20(19)24-26/h13-14,16-17,23H,4-12H2,1-3H3. The van der Waals surface area contributed by atoms with E-state index in [0.717, 1.165) is 50.9 Å². The highest BCUT2D eigenvalue weighted by molar-refractivity contribution is 5.67. The quantitative estimate of drug-likeness (QED) is 0.697. The molecule has 27 heavy (non-hydrogen) atoms. The number of nitrogens with zero attached hydrogens (tertiary/aromatic N) is 2. The fourth-order valence-electron chi connectivity index (χ4n) is 4.65. The van der Waals surface area contributed by atoms with Crippen molar-refractivity contribution in [2.24, 2.45) is 5.18 Å². The summed E-state index contributed by atoms with van der Waals surface area (Å²) in [7, 11) is 0. The van der Waals surface area contributed by atoms with Gasteiger partial charge in [-0.2, -0.15) is 0 Å². The lowest BCUT2D eigenvalue weighted by atomic mass is 9.79. The van der Waals surface area contributed by atoms with Crippen LogP contribution in [-0.2, 0) is 4.74 Å². The number of hydrogen-bond acceptors (Lipinski definition) is 5. The Labute approximate surface area is 161 Å². The maximum Gasteiger partial charge on any atom is 0.166 e. The largest absolute Gasteiger partial charge is 0.380 e. The van der Waals surface area contributed by atoms with Crippen LogP contribution in [0.3, 0.4) is 0 Å². The highest BCUT2D eigenvalue weighted by Gasteiger charge is 2.38. The molecule has 0 radical (unpaired) electrons. The first-order valence-corrected chi connectivity index (χ1v) is 10.2.